The van der Waals surface area contributed by atoms with Gasteiger partial charge in [0, 0.05) is 66.8 Å². The topological polar surface area (TPSA) is 28.6 Å². The first-order valence-corrected chi connectivity index (χ1v) is 14.0. The van der Waals surface area contributed by atoms with Crippen LogP contribution in [0.5, 0.6) is 10.8 Å². The van der Waals surface area contributed by atoms with Gasteiger partial charge in [0.05, 0.1) is 12.4 Å². The highest BCUT2D eigenvalue weighted by atomic mass is 32.1. The molecule has 4 heterocycles. The molecular formula is C31H31N3OS2. The quantitative estimate of drug-likeness (QED) is 0.232. The number of rotatable bonds is 4. The van der Waals surface area contributed by atoms with Gasteiger partial charge in [-0.05, 0) is 72.0 Å². The molecule has 2 aromatic carbocycles. The van der Waals surface area contributed by atoms with Crippen molar-refractivity contribution < 1.29 is 8.85 Å². The lowest BCUT2D eigenvalue weighted by molar-refractivity contribution is 0.459. The molecule has 0 unspecified atom stereocenters. The summed E-state index contributed by atoms with van der Waals surface area (Å²) in [6.07, 6.45) is 1.91. The van der Waals surface area contributed by atoms with Crippen LogP contribution in [0.2, 0.25) is 0 Å². The average Bonchev–Trinajstić information content (AvgIpc) is 3.59. The van der Waals surface area contributed by atoms with Gasteiger partial charge in [-0.1, -0.05) is 38.2 Å². The molecule has 0 amide bonds. The van der Waals surface area contributed by atoms with Gasteiger partial charge in [-0.15, -0.1) is 11.3 Å². The van der Waals surface area contributed by atoms with Crippen molar-refractivity contribution in [2.75, 3.05) is 18.5 Å². The number of aromatic nitrogens is 1. The molecule has 188 valence electrons. The van der Waals surface area contributed by atoms with Crippen molar-refractivity contribution in [2.45, 2.75) is 40.0 Å². The Hall–Kier alpha value is -3.35. The summed E-state index contributed by atoms with van der Waals surface area (Å²) in [5, 5.41) is 5.27. The predicted molar refractivity (Wildman–Crippen MR) is 159 cm³/mol. The summed E-state index contributed by atoms with van der Waals surface area (Å²) < 4.78 is 32.4. The lowest BCUT2D eigenvalue weighted by atomic mass is 9.86. The molecule has 6 heteroatoms. The van der Waals surface area contributed by atoms with Crippen molar-refractivity contribution >= 4 is 48.5 Å². The van der Waals surface area contributed by atoms with E-state index >= 15 is 0 Å². The van der Waals surface area contributed by atoms with E-state index in [2.05, 4.69) is 56.5 Å². The Bertz CT molecular complexity index is 1780. The Kier molecular flexibility index (Phi) is 4.97. The van der Waals surface area contributed by atoms with Crippen LogP contribution >= 0.6 is 22.7 Å². The van der Waals surface area contributed by atoms with Crippen LogP contribution in [0.15, 0.2) is 77.6 Å². The molecule has 0 spiro atoms. The minimum absolute atomic E-state index is 0.0238. The number of nitrogens with zero attached hydrogens (tertiary/aromatic N) is 3. The standard InChI is InChI=1S/C31H31N3OS2/c1-19-20(2)34(18-33(19)6)23-8-7-9-24(16-23)35-28-17-25-27(37-28)14-21-11-13-36-30(21)29(25)26-15-22(10-12-32-26)31(3,4)5/h7-17H,18H2,1-6H3/i6D3. The van der Waals surface area contributed by atoms with E-state index in [-0.39, 0.29) is 12.1 Å². The number of hydrogen-bond donors (Lipinski definition) is 0. The first-order valence-electron chi connectivity index (χ1n) is 13.8. The second-order valence-electron chi connectivity index (χ2n) is 10.5. The van der Waals surface area contributed by atoms with Crippen LogP contribution in [0.3, 0.4) is 0 Å². The van der Waals surface area contributed by atoms with E-state index in [4.69, 9.17) is 13.8 Å². The number of fused-ring (bicyclic) bond motifs is 2. The second-order valence-corrected chi connectivity index (χ2v) is 12.5. The van der Waals surface area contributed by atoms with Gasteiger partial charge in [-0.25, -0.2) is 0 Å². The fourth-order valence-corrected chi connectivity index (χ4v) is 6.71. The lowest BCUT2D eigenvalue weighted by Crippen LogP contribution is -2.24. The fraction of sp³-hybridized carbons (Fsp3) is 0.258. The van der Waals surface area contributed by atoms with Crippen LogP contribution in [0.4, 0.5) is 5.69 Å². The zero-order valence-electron chi connectivity index (χ0n) is 24.6. The Morgan fingerprint density at radius 2 is 1.89 bits per heavy atom. The monoisotopic (exact) mass is 528 g/mol. The number of pyridine rings is 1. The van der Waals surface area contributed by atoms with E-state index < -0.39 is 6.98 Å². The van der Waals surface area contributed by atoms with Crippen molar-refractivity contribution in [3.63, 3.8) is 0 Å². The van der Waals surface area contributed by atoms with Gasteiger partial charge in [0.25, 0.3) is 0 Å². The lowest BCUT2D eigenvalue weighted by Gasteiger charge is -2.21. The minimum atomic E-state index is -2.18. The molecule has 0 atom stereocenters. The summed E-state index contributed by atoms with van der Waals surface area (Å²) in [4.78, 5) is 8.27. The molecule has 0 radical (unpaired) electrons. The summed E-state index contributed by atoms with van der Waals surface area (Å²) in [5.41, 5.74) is 5.97. The highest BCUT2D eigenvalue weighted by molar-refractivity contribution is 7.21. The molecule has 6 rings (SSSR count). The summed E-state index contributed by atoms with van der Waals surface area (Å²) >= 11 is 3.36. The van der Waals surface area contributed by atoms with Crippen molar-refractivity contribution in [2.24, 2.45) is 0 Å². The summed E-state index contributed by atoms with van der Waals surface area (Å²) in [5.74, 6) is 0.707. The molecule has 0 bridgehead atoms. The average molecular weight is 529 g/mol. The Balaban J connectivity index is 1.37. The first kappa shape index (κ1) is 20.7. The zero-order chi connectivity index (χ0) is 28.4. The van der Waals surface area contributed by atoms with Gasteiger partial charge in [0.1, 0.15) is 5.75 Å². The molecule has 0 fully saturated rings. The van der Waals surface area contributed by atoms with Crippen LogP contribution in [0.25, 0.3) is 31.4 Å². The van der Waals surface area contributed by atoms with E-state index in [1.54, 1.807) is 22.7 Å². The molecule has 5 aromatic rings. The maximum Gasteiger partial charge on any atom is 0.182 e. The molecule has 0 saturated heterocycles. The Labute approximate surface area is 230 Å². The molecule has 0 N–H and O–H groups in total. The maximum atomic E-state index is 7.88. The molecule has 1 aliphatic rings. The van der Waals surface area contributed by atoms with Crippen LogP contribution in [-0.2, 0) is 5.41 Å². The molecule has 0 saturated carbocycles. The number of benzene rings is 2. The van der Waals surface area contributed by atoms with Gasteiger partial charge < -0.3 is 14.5 Å². The van der Waals surface area contributed by atoms with Gasteiger partial charge >= 0.3 is 0 Å². The third-order valence-electron chi connectivity index (χ3n) is 7.06. The van der Waals surface area contributed by atoms with Crippen molar-refractivity contribution in [1.29, 1.82) is 0 Å². The first-order chi connectivity index (χ1) is 18.9. The van der Waals surface area contributed by atoms with Crippen LogP contribution in [0.1, 0.15) is 44.3 Å². The second kappa shape index (κ2) is 8.89. The largest absolute Gasteiger partial charge is 0.447 e. The van der Waals surface area contributed by atoms with Crippen molar-refractivity contribution in [1.82, 2.24) is 9.88 Å². The Morgan fingerprint density at radius 3 is 2.68 bits per heavy atom. The van der Waals surface area contributed by atoms with Gasteiger partial charge in [0.2, 0.25) is 0 Å². The molecular weight excluding hydrogens is 494 g/mol. The van der Waals surface area contributed by atoms with Crippen molar-refractivity contribution in [3.8, 4) is 22.1 Å². The van der Waals surface area contributed by atoms with Gasteiger partial charge in [-0.2, -0.15) is 0 Å². The molecule has 37 heavy (non-hydrogen) atoms. The van der Waals surface area contributed by atoms with E-state index in [1.807, 2.05) is 49.2 Å². The molecule has 0 aliphatic carbocycles. The number of thiophene rings is 2. The van der Waals surface area contributed by atoms with Gasteiger partial charge in [0.15, 0.2) is 5.06 Å². The minimum Gasteiger partial charge on any atom is -0.447 e. The fourth-order valence-electron chi connectivity index (χ4n) is 4.77. The molecule has 4 nitrogen and oxygen atoms in total. The van der Waals surface area contributed by atoms with Crippen LogP contribution in [0, 0.1) is 0 Å². The van der Waals surface area contributed by atoms with Gasteiger partial charge in [-0.3, -0.25) is 4.98 Å². The third-order valence-corrected chi connectivity index (χ3v) is 8.97. The van der Waals surface area contributed by atoms with E-state index in [0.717, 1.165) is 43.5 Å². The Morgan fingerprint density at radius 1 is 1.03 bits per heavy atom. The SMILES string of the molecule is [2H]C([2H])([2H])N1CN(c2cccc(Oc3cc4c(-c5cc(C(C)(C)C)ccn5)c5sccc5cc4s3)c2)C(C)=C1C. The van der Waals surface area contributed by atoms with Crippen LogP contribution < -0.4 is 9.64 Å². The smallest absolute Gasteiger partial charge is 0.182 e. The van der Waals surface area contributed by atoms with Crippen molar-refractivity contribution in [3.05, 3.63) is 83.1 Å². The number of ether oxygens (including phenoxy) is 1. The summed E-state index contributed by atoms with van der Waals surface area (Å²) in [7, 11) is 0. The summed E-state index contributed by atoms with van der Waals surface area (Å²) in [6.45, 7) is 8.57. The molecule has 1 aliphatic heterocycles. The maximum absolute atomic E-state index is 7.88. The third kappa shape index (κ3) is 4.28. The predicted octanol–water partition coefficient (Wildman–Crippen LogP) is 9.23. The number of anilines is 1. The normalized spacial score (nSPS) is 16.0. The van der Waals surface area contributed by atoms with E-state index in [0.29, 0.717) is 5.75 Å². The summed E-state index contributed by atoms with van der Waals surface area (Å²) in [6, 6.07) is 18.7. The highest BCUT2D eigenvalue weighted by Crippen LogP contribution is 2.45. The van der Waals surface area contributed by atoms with Crippen LogP contribution in [-0.4, -0.2) is 23.5 Å². The zero-order valence-corrected chi connectivity index (χ0v) is 23.3. The van der Waals surface area contributed by atoms with E-state index in [1.165, 1.54) is 20.5 Å². The van der Waals surface area contributed by atoms with E-state index in [9.17, 15) is 0 Å². The number of hydrogen-bond acceptors (Lipinski definition) is 6. The molecule has 3 aromatic heterocycles. The highest BCUT2D eigenvalue weighted by Gasteiger charge is 2.22. The number of allylic oxidation sites excluding steroid dienone is 2.